The molecule has 1 aromatic heterocycles. The first-order valence-electron chi connectivity index (χ1n) is 9.58. The minimum Gasteiger partial charge on any atom is -0.466 e. The number of benzene rings is 3. The Balaban J connectivity index is 1.76. The number of hydrogen-bond donors (Lipinski definition) is 1. The fourth-order valence-electron chi connectivity index (χ4n) is 3.03. The van der Waals surface area contributed by atoms with Crippen LogP contribution < -0.4 is 14.4 Å². The van der Waals surface area contributed by atoms with Gasteiger partial charge in [0.25, 0.3) is 0 Å². The highest BCUT2D eigenvalue weighted by Crippen LogP contribution is 2.60. The summed E-state index contributed by atoms with van der Waals surface area (Å²) >= 11 is 0. The summed E-state index contributed by atoms with van der Waals surface area (Å²) in [6, 6.07) is 29.3. The van der Waals surface area contributed by atoms with Crippen LogP contribution >= 0.6 is 7.60 Å². The van der Waals surface area contributed by atoms with E-state index in [9.17, 15) is 4.57 Å². The highest BCUT2D eigenvalue weighted by atomic mass is 31.2. The lowest BCUT2D eigenvalue weighted by molar-refractivity contribution is 0.366. The molecule has 4 aromatic rings. The van der Waals surface area contributed by atoms with E-state index in [2.05, 4.69) is 5.32 Å². The van der Waals surface area contributed by atoms with Gasteiger partial charge >= 0.3 is 7.60 Å². The Labute approximate surface area is 175 Å². The van der Waals surface area contributed by atoms with Gasteiger partial charge in [0.2, 0.25) is 5.78 Å². The SMILES string of the molecule is Cc1cccc(NC(c2ccco2)P(=O)(Oc2ccccc2)Oc2ccccc2)c1. The second kappa shape index (κ2) is 8.93. The second-order valence-electron chi connectivity index (χ2n) is 6.78. The first-order valence-corrected chi connectivity index (χ1v) is 11.2. The van der Waals surface area contributed by atoms with Crippen LogP contribution in [0.5, 0.6) is 11.5 Å². The van der Waals surface area contributed by atoms with Crippen LogP contribution in [-0.2, 0) is 4.57 Å². The van der Waals surface area contributed by atoms with Crippen molar-refractivity contribution in [2.24, 2.45) is 0 Å². The fourth-order valence-corrected chi connectivity index (χ4v) is 4.87. The van der Waals surface area contributed by atoms with Gasteiger partial charge in [0.15, 0.2) is 0 Å². The average molecular weight is 419 g/mol. The van der Waals surface area contributed by atoms with Gasteiger partial charge < -0.3 is 18.8 Å². The molecule has 3 aromatic carbocycles. The Morgan fingerprint density at radius 3 is 1.97 bits per heavy atom. The van der Waals surface area contributed by atoms with Gasteiger partial charge in [-0.1, -0.05) is 48.5 Å². The standard InChI is InChI=1S/C24H22NO4P/c1-19-10-8-11-20(18-19)25-24(23-16-9-17-27-23)30(26,28-21-12-4-2-5-13-21)29-22-14-6-3-7-15-22/h2-18,24-25H,1H3. The van der Waals surface area contributed by atoms with Crippen molar-refractivity contribution < 1.29 is 18.0 Å². The van der Waals surface area contributed by atoms with Crippen molar-refractivity contribution in [2.75, 3.05) is 5.32 Å². The van der Waals surface area contributed by atoms with Crippen molar-refractivity contribution in [3.63, 3.8) is 0 Å². The van der Waals surface area contributed by atoms with E-state index in [4.69, 9.17) is 13.5 Å². The molecule has 0 radical (unpaired) electrons. The Kier molecular flexibility index (Phi) is 5.92. The van der Waals surface area contributed by atoms with Gasteiger partial charge in [-0.15, -0.1) is 0 Å². The normalized spacial score (nSPS) is 12.2. The number of aryl methyl sites for hydroxylation is 1. The summed E-state index contributed by atoms with van der Waals surface area (Å²) in [5, 5.41) is 3.30. The van der Waals surface area contributed by atoms with Crippen LogP contribution in [0.15, 0.2) is 108 Å². The van der Waals surface area contributed by atoms with E-state index in [1.54, 1.807) is 36.4 Å². The quantitative estimate of drug-likeness (QED) is 0.310. The Morgan fingerprint density at radius 1 is 0.800 bits per heavy atom. The number of furan rings is 1. The van der Waals surface area contributed by atoms with Crippen molar-refractivity contribution in [3.05, 3.63) is 115 Å². The van der Waals surface area contributed by atoms with E-state index < -0.39 is 13.4 Å². The van der Waals surface area contributed by atoms with Crippen molar-refractivity contribution in [1.29, 1.82) is 0 Å². The minimum absolute atomic E-state index is 0.444. The summed E-state index contributed by atoms with van der Waals surface area (Å²) in [4.78, 5) is 0. The molecule has 30 heavy (non-hydrogen) atoms. The summed E-state index contributed by atoms with van der Waals surface area (Å²) in [6.45, 7) is 1.99. The zero-order chi connectivity index (χ0) is 20.8. The number of hydrogen-bond acceptors (Lipinski definition) is 5. The molecular weight excluding hydrogens is 397 g/mol. The second-order valence-corrected chi connectivity index (χ2v) is 8.74. The van der Waals surface area contributed by atoms with Gasteiger partial charge in [0, 0.05) is 5.69 Å². The van der Waals surface area contributed by atoms with Crippen LogP contribution in [0.25, 0.3) is 0 Å². The smallest absolute Gasteiger partial charge is 0.460 e. The van der Waals surface area contributed by atoms with E-state index in [1.807, 2.05) is 67.6 Å². The zero-order valence-corrected chi connectivity index (χ0v) is 17.4. The highest BCUT2D eigenvalue weighted by molar-refractivity contribution is 7.55. The third-order valence-electron chi connectivity index (χ3n) is 4.40. The molecule has 152 valence electrons. The van der Waals surface area contributed by atoms with E-state index >= 15 is 0 Å². The van der Waals surface area contributed by atoms with Gasteiger partial charge in [0.1, 0.15) is 17.3 Å². The molecule has 4 rings (SSSR count). The molecule has 5 nitrogen and oxygen atoms in total. The lowest BCUT2D eigenvalue weighted by Crippen LogP contribution is -2.17. The Morgan fingerprint density at radius 2 is 1.43 bits per heavy atom. The van der Waals surface area contributed by atoms with Gasteiger partial charge in [-0.2, -0.15) is 0 Å². The molecule has 0 saturated carbocycles. The van der Waals surface area contributed by atoms with E-state index in [0.29, 0.717) is 17.3 Å². The number of rotatable bonds is 8. The maximum atomic E-state index is 14.3. The average Bonchev–Trinajstić information content (AvgIpc) is 3.28. The molecule has 0 amide bonds. The largest absolute Gasteiger partial charge is 0.466 e. The van der Waals surface area contributed by atoms with E-state index in [-0.39, 0.29) is 0 Å². The highest BCUT2D eigenvalue weighted by Gasteiger charge is 2.43. The predicted octanol–water partition coefficient (Wildman–Crippen LogP) is 7.05. The van der Waals surface area contributed by atoms with Crippen LogP contribution in [0.4, 0.5) is 5.69 Å². The molecule has 1 unspecified atom stereocenters. The number of para-hydroxylation sites is 2. The van der Waals surface area contributed by atoms with Gasteiger partial charge in [-0.3, -0.25) is 0 Å². The maximum absolute atomic E-state index is 14.3. The van der Waals surface area contributed by atoms with E-state index in [0.717, 1.165) is 11.3 Å². The lowest BCUT2D eigenvalue weighted by Gasteiger charge is -2.27. The molecule has 0 bridgehead atoms. The Bertz CT molecular complexity index is 1070. The summed E-state index contributed by atoms with van der Waals surface area (Å²) in [5.74, 6) is 0.472. The summed E-state index contributed by atoms with van der Waals surface area (Å²) in [7, 11) is -3.85. The van der Waals surface area contributed by atoms with Gasteiger partial charge in [0.05, 0.1) is 6.26 Å². The zero-order valence-electron chi connectivity index (χ0n) is 16.5. The molecule has 0 saturated heterocycles. The fraction of sp³-hybridized carbons (Fsp3) is 0.0833. The van der Waals surface area contributed by atoms with Crippen molar-refractivity contribution in [2.45, 2.75) is 12.7 Å². The third kappa shape index (κ3) is 4.76. The molecular formula is C24H22NO4P. The topological polar surface area (TPSA) is 60.7 Å². The summed E-state index contributed by atoms with van der Waals surface area (Å²) in [6.07, 6.45) is 1.54. The minimum atomic E-state index is -3.85. The molecule has 0 aliphatic carbocycles. The van der Waals surface area contributed by atoms with Crippen molar-refractivity contribution >= 4 is 13.3 Å². The van der Waals surface area contributed by atoms with Crippen molar-refractivity contribution in [3.8, 4) is 11.5 Å². The van der Waals surface area contributed by atoms with Gasteiger partial charge in [-0.25, -0.2) is 4.57 Å². The van der Waals surface area contributed by atoms with Crippen molar-refractivity contribution in [1.82, 2.24) is 0 Å². The first kappa shape index (κ1) is 19.9. The maximum Gasteiger partial charge on any atom is 0.460 e. The summed E-state index contributed by atoms with van der Waals surface area (Å²) < 4.78 is 31.9. The van der Waals surface area contributed by atoms with Crippen LogP contribution in [0.3, 0.4) is 0 Å². The van der Waals surface area contributed by atoms with E-state index in [1.165, 1.54) is 6.26 Å². The molecule has 0 spiro atoms. The predicted molar refractivity (Wildman–Crippen MR) is 118 cm³/mol. The Hall–Kier alpha value is -3.43. The van der Waals surface area contributed by atoms with Crippen LogP contribution in [0.1, 0.15) is 17.1 Å². The first-order chi connectivity index (χ1) is 14.6. The third-order valence-corrected chi connectivity index (χ3v) is 6.35. The lowest BCUT2D eigenvalue weighted by atomic mass is 10.2. The molecule has 6 heteroatoms. The molecule has 1 atom stereocenters. The monoisotopic (exact) mass is 419 g/mol. The molecule has 0 aliphatic heterocycles. The molecule has 0 fully saturated rings. The van der Waals surface area contributed by atoms with Gasteiger partial charge in [-0.05, 0) is 61.0 Å². The molecule has 1 N–H and O–H groups in total. The number of nitrogens with one attached hydrogen (secondary N) is 1. The summed E-state index contributed by atoms with van der Waals surface area (Å²) in [5.41, 5.74) is 1.85. The van der Waals surface area contributed by atoms with Crippen LogP contribution in [-0.4, -0.2) is 0 Å². The molecule has 1 heterocycles. The number of anilines is 1. The van der Waals surface area contributed by atoms with Crippen LogP contribution in [0, 0.1) is 6.92 Å². The van der Waals surface area contributed by atoms with Crippen LogP contribution in [0.2, 0.25) is 0 Å². The molecule has 0 aliphatic rings.